The molecule has 3 rings (SSSR count). The number of ether oxygens (including phenoxy) is 2. The van der Waals surface area contributed by atoms with Gasteiger partial charge in [0.25, 0.3) is 0 Å². The minimum Gasteiger partial charge on any atom is -0.497 e. The predicted molar refractivity (Wildman–Crippen MR) is 102 cm³/mol. The number of carboxylic acids is 1. The van der Waals surface area contributed by atoms with Crippen LogP contribution in [0.1, 0.15) is 34.2 Å². The number of hydrogen-bond donors (Lipinski definition) is 1. The van der Waals surface area contributed by atoms with E-state index < -0.39 is 5.97 Å². The van der Waals surface area contributed by atoms with Gasteiger partial charge >= 0.3 is 5.97 Å². The molecule has 5 nitrogen and oxygen atoms in total. The van der Waals surface area contributed by atoms with Crippen molar-refractivity contribution in [3.63, 3.8) is 0 Å². The van der Waals surface area contributed by atoms with Gasteiger partial charge in [-0.1, -0.05) is 0 Å². The van der Waals surface area contributed by atoms with Gasteiger partial charge in [0.2, 0.25) is 0 Å². The van der Waals surface area contributed by atoms with Gasteiger partial charge in [0.1, 0.15) is 11.5 Å². The van der Waals surface area contributed by atoms with Crippen molar-refractivity contribution in [3.8, 4) is 11.5 Å². The summed E-state index contributed by atoms with van der Waals surface area (Å²) in [6, 6.07) is 10.3. The van der Waals surface area contributed by atoms with Crippen LogP contribution in [0.5, 0.6) is 11.5 Å². The van der Waals surface area contributed by atoms with E-state index in [1.165, 1.54) is 9.75 Å². The average molecular weight is 375 g/mol. The Morgan fingerprint density at radius 1 is 1.19 bits per heavy atom. The molecule has 0 spiro atoms. The maximum Gasteiger partial charge on any atom is 0.306 e. The Bertz CT molecular complexity index is 765. The fourth-order valence-corrected chi connectivity index (χ4v) is 4.61. The lowest BCUT2D eigenvalue weighted by atomic mass is 9.93. The Balaban J connectivity index is 1.96. The summed E-state index contributed by atoms with van der Waals surface area (Å²) in [6.45, 7) is 3.62. The van der Waals surface area contributed by atoms with Crippen LogP contribution in [0.4, 0.5) is 0 Å². The predicted octanol–water partition coefficient (Wildman–Crippen LogP) is 3.96. The lowest BCUT2D eigenvalue weighted by molar-refractivity contribution is -0.143. The van der Waals surface area contributed by atoms with Gasteiger partial charge < -0.3 is 14.6 Å². The smallest absolute Gasteiger partial charge is 0.306 e. The molecule has 0 bridgehead atoms. The van der Waals surface area contributed by atoms with Crippen LogP contribution in [0.3, 0.4) is 0 Å². The van der Waals surface area contributed by atoms with E-state index in [1.807, 2.05) is 12.1 Å². The van der Waals surface area contributed by atoms with E-state index in [-0.39, 0.29) is 12.0 Å². The summed E-state index contributed by atoms with van der Waals surface area (Å²) in [6.07, 6.45) is 1.35. The van der Waals surface area contributed by atoms with Crippen LogP contribution in [-0.2, 0) is 4.79 Å². The largest absolute Gasteiger partial charge is 0.497 e. The highest BCUT2D eigenvalue weighted by Gasteiger charge is 2.32. The van der Waals surface area contributed by atoms with Crippen LogP contribution in [0, 0.1) is 12.8 Å². The van der Waals surface area contributed by atoms with Crippen molar-refractivity contribution in [3.05, 3.63) is 45.6 Å². The summed E-state index contributed by atoms with van der Waals surface area (Å²) in [5, 5.41) is 9.29. The van der Waals surface area contributed by atoms with Gasteiger partial charge in [-0.15, -0.1) is 11.3 Å². The minimum atomic E-state index is -0.685. The van der Waals surface area contributed by atoms with Crippen molar-refractivity contribution in [2.75, 3.05) is 27.3 Å². The average Bonchev–Trinajstić information content (AvgIpc) is 3.08. The summed E-state index contributed by atoms with van der Waals surface area (Å²) in [5.41, 5.74) is 1.09. The van der Waals surface area contributed by atoms with Crippen molar-refractivity contribution < 1.29 is 19.4 Å². The molecule has 1 saturated heterocycles. The number of aliphatic carboxylic acids is 1. The number of rotatable bonds is 6. The number of hydrogen-bond acceptors (Lipinski definition) is 5. The van der Waals surface area contributed by atoms with E-state index in [4.69, 9.17) is 9.47 Å². The van der Waals surface area contributed by atoms with Gasteiger partial charge in [0.15, 0.2) is 0 Å². The van der Waals surface area contributed by atoms with E-state index >= 15 is 0 Å². The highest BCUT2D eigenvalue weighted by atomic mass is 32.1. The van der Waals surface area contributed by atoms with E-state index in [0.717, 1.165) is 30.2 Å². The summed E-state index contributed by atoms with van der Waals surface area (Å²) < 4.78 is 11.0. The van der Waals surface area contributed by atoms with Crippen LogP contribution in [0.2, 0.25) is 0 Å². The molecule has 1 N–H and O–H groups in total. The second-order valence-electron chi connectivity index (χ2n) is 6.61. The molecule has 0 amide bonds. The molecule has 1 fully saturated rings. The normalized spacial score (nSPS) is 17.0. The zero-order chi connectivity index (χ0) is 18.7. The third-order valence-corrected chi connectivity index (χ3v) is 6.06. The van der Waals surface area contributed by atoms with E-state index in [0.29, 0.717) is 12.8 Å². The number of carboxylic acid groups (broad SMARTS) is 1. The Hall–Kier alpha value is -2.05. The minimum absolute atomic E-state index is 0.0595. The van der Waals surface area contributed by atoms with E-state index in [1.54, 1.807) is 25.6 Å². The number of benzene rings is 1. The molecule has 2 aromatic rings. The molecule has 1 atom stereocenters. The fraction of sp³-hybridized carbons (Fsp3) is 0.450. The Labute approximate surface area is 158 Å². The number of methoxy groups -OCH3 is 2. The quantitative estimate of drug-likeness (QED) is 0.828. The maximum absolute atomic E-state index is 11.3. The topological polar surface area (TPSA) is 59.0 Å². The zero-order valence-corrected chi connectivity index (χ0v) is 16.2. The van der Waals surface area contributed by atoms with Gasteiger partial charge in [-0.05, 0) is 57.1 Å². The highest BCUT2D eigenvalue weighted by Crippen LogP contribution is 2.40. The number of carbonyl (C=O) groups is 1. The maximum atomic E-state index is 11.3. The van der Waals surface area contributed by atoms with Crippen LogP contribution >= 0.6 is 11.3 Å². The van der Waals surface area contributed by atoms with Gasteiger partial charge in [0.05, 0.1) is 26.2 Å². The van der Waals surface area contributed by atoms with Crippen molar-refractivity contribution in [1.82, 2.24) is 4.90 Å². The number of aryl methyl sites for hydroxylation is 1. The molecule has 140 valence electrons. The van der Waals surface area contributed by atoms with Crippen molar-refractivity contribution in [2.24, 2.45) is 5.92 Å². The summed E-state index contributed by atoms with van der Waals surface area (Å²) in [5.74, 6) is 0.627. The first-order valence-electron chi connectivity index (χ1n) is 8.78. The molecule has 1 aromatic carbocycles. The van der Waals surface area contributed by atoms with Gasteiger partial charge in [-0.25, -0.2) is 0 Å². The first-order chi connectivity index (χ1) is 12.5. The monoisotopic (exact) mass is 375 g/mol. The summed E-state index contributed by atoms with van der Waals surface area (Å²) in [7, 11) is 3.32. The first-order valence-corrected chi connectivity index (χ1v) is 9.60. The highest BCUT2D eigenvalue weighted by molar-refractivity contribution is 7.12. The zero-order valence-electron chi connectivity index (χ0n) is 15.4. The van der Waals surface area contributed by atoms with Crippen LogP contribution in [0.25, 0.3) is 0 Å². The molecule has 1 unspecified atom stereocenters. The molecule has 0 saturated carbocycles. The van der Waals surface area contributed by atoms with Crippen molar-refractivity contribution in [1.29, 1.82) is 0 Å². The molecule has 1 aliphatic rings. The Morgan fingerprint density at radius 3 is 2.46 bits per heavy atom. The molecule has 6 heteroatoms. The van der Waals surface area contributed by atoms with Crippen molar-refractivity contribution in [2.45, 2.75) is 25.8 Å². The molecule has 1 aromatic heterocycles. The molecule has 1 aliphatic heterocycles. The molecular formula is C20H25NO4S. The molecule has 0 aliphatic carbocycles. The number of likely N-dealkylation sites (tertiary alicyclic amines) is 1. The van der Waals surface area contributed by atoms with Crippen LogP contribution in [-0.4, -0.2) is 43.3 Å². The van der Waals surface area contributed by atoms with E-state index in [9.17, 15) is 9.90 Å². The number of piperidine rings is 1. The van der Waals surface area contributed by atoms with E-state index in [2.05, 4.69) is 30.0 Å². The molecule has 2 heterocycles. The Morgan fingerprint density at radius 2 is 1.92 bits per heavy atom. The lowest BCUT2D eigenvalue weighted by Gasteiger charge is -2.37. The summed E-state index contributed by atoms with van der Waals surface area (Å²) in [4.78, 5) is 16.2. The first kappa shape index (κ1) is 18.7. The van der Waals surface area contributed by atoms with Crippen LogP contribution in [0.15, 0.2) is 30.3 Å². The molecule has 26 heavy (non-hydrogen) atoms. The summed E-state index contributed by atoms with van der Waals surface area (Å²) >= 11 is 1.78. The van der Waals surface area contributed by atoms with Crippen LogP contribution < -0.4 is 9.47 Å². The second kappa shape index (κ2) is 8.10. The third kappa shape index (κ3) is 3.86. The standard InChI is InChI=1S/C20H25NO4S/c1-13-4-7-18(26-13)19(21-10-8-14(9-11-21)20(22)23)16-6-5-15(24-2)12-17(16)25-3/h4-7,12,14,19H,8-11H2,1-3H3,(H,22,23). The lowest BCUT2D eigenvalue weighted by Crippen LogP contribution is -2.39. The van der Waals surface area contributed by atoms with Gasteiger partial charge in [-0.3, -0.25) is 9.69 Å². The van der Waals surface area contributed by atoms with Gasteiger partial charge in [0, 0.05) is 21.4 Å². The second-order valence-corrected chi connectivity index (χ2v) is 7.93. The third-order valence-electron chi connectivity index (χ3n) is 5.01. The Kier molecular flexibility index (Phi) is 5.84. The van der Waals surface area contributed by atoms with Crippen molar-refractivity contribution >= 4 is 17.3 Å². The number of nitrogens with zero attached hydrogens (tertiary/aromatic N) is 1. The van der Waals surface area contributed by atoms with Gasteiger partial charge in [-0.2, -0.15) is 0 Å². The number of thiophene rings is 1. The molecular weight excluding hydrogens is 350 g/mol. The molecule has 0 radical (unpaired) electrons. The SMILES string of the molecule is COc1ccc(C(c2ccc(C)s2)N2CCC(C(=O)O)CC2)c(OC)c1. The fourth-order valence-electron chi connectivity index (χ4n) is 3.58.